The standard InChI is InChI=1S/C32H31ClF2N2O4/c1-31(2,3)41-30(39)36-19-26-17-24-16-23(18-27(28(24)40-26)21-8-10-25(33)11-9-21)20-4-6-22(7-5-20)29(38)37-14-12-32(34,35)13-15-37/h4-11,16-18H,12-15,19H2,1-3H3,(H,36,39). The van der Waals surface area contributed by atoms with Crippen LogP contribution in [0.25, 0.3) is 33.2 Å². The second-order valence-corrected chi connectivity index (χ2v) is 11.7. The summed E-state index contributed by atoms with van der Waals surface area (Å²) in [6.07, 6.45) is -1.17. The number of piperidine rings is 1. The lowest BCUT2D eigenvalue weighted by Crippen LogP contribution is -2.42. The van der Waals surface area contributed by atoms with Gasteiger partial charge in [-0.1, -0.05) is 35.9 Å². The van der Waals surface area contributed by atoms with Crippen LogP contribution in [0.15, 0.2) is 71.1 Å². The van der Waals surface area contributed by atoms with Crippen LogP contribution in [0.2, 0.25) is 5.02 Å². The van der Waals surface area contributed by atoms with Crippen LogP contribution in [0.5, 0.6) is 0 Å². The molecule has 0 atom stereocenters. The van der Waals surface area contributed by atoms with Gasteiger partial charge in [0.2, 0.25) is 0 Å². The van der Waals surface area contributed by atoms with Gasteiger partial charge < -0.3 is 19.4 Å². The van der Waals surface area contributed by atoms with Gasteiger partial charge in [-0.2, -0.15) is 0 Å². The van der Waals surface area contributed by atoms with E-state index in [0.717, 1.165) is 27.6 Å². The lowest BCUT2D eigenvalue weighted by atomic mass is 9.96. The summed E-state index contributed by atoms with van der Waals surface area (Å²) in [6, 6.07) is 20.4. The molecule has 0 aliphatic carbocycles. The van der Waals surface area contributed by atoms with Crippen molar-refractivity contribution in [2.24, 2.45) is 0 Å². The Morgan fingerprint density at radius 1 is 0.951 bits per heavy atom. The highest BCUT2D eigenvalue weighted by Gasteiger charge is 2.35. The Bertz CT molecular complexity index is 1560. The molecular formula is C32H31ClF2N2O4. The Morgan fingerprint density at radius 3 is 2.22 bits per heavy atom. The van der Waals surface area contributed by atoms with Crippen molar-refractivity contribution in [1.82, 2.24) is 10.2 Å². The summed E-state index contributed by atoms with van der Waals surface area (Å²) >= 11 is 6.13. The minimum atomic E-state index is -2.71. The average Bonchev–Trinajstić information content (AvgIpc) is 3.34. The first-order valence-electron chi connectivity index (χ1n) is 13.4. The van der Waals surface area contributed by atoms with E-state index in [0.29, 0.717) is 21.9 Å². The van der Waals surface area contributed by atoms with E-state index < -0.39 is 17.6 Å². The van der Waals surface area contributed by atoms with E-state index in [4.69, 9.17) is 20.8 Å². The van der Waals surface area contributed by atoms with Crippen molar-refractivity contribution in [3.63, 3.8) is 0 Å². The number of hydrogen-bond acceptors (Lipinski definition) is 4. The molecule has 3 aromatic carbocycles. The third kappa shape index (κ3) is 6.88. The topological polar surface area (TPSA) is 71.8 Å². The molecule has 6 nitrogen and oxygen atoms in total. The average molecular weight is 581 g/mol. The van der Waals surface area contributed by atoms with Crippen LogP contribution in [0.1, 0.15) is 49.7 Å². The lowest BCUT2D eigenvalue weighted by molar-refractivity contribution is -0.0494. The summed E-state index contributed by atoms with van der Waals surface area (Å²) in [5.41, 5.74) is 4.01. The molecule has 41 heavy (non-hydrogen) atoms. The molecule has 5 rings (SSSR count). The first-order chi connectivity index (χ1) is 19.4. The number of amides is 2. The van der Waals surface area contributed by atoms with E-state index in [1.165, 1.54) is 4.90 Å². The summed E-state index contributed by atoms with van der Waals surface area (Å²) in [4.78, 5) is 26.6. The Balaban J connectivity index is 1.44. The van der Waals surface area contributed by atoms with E-state index in [1.54, 1.807) is 45.0 Å². The van der Waals surface area contributed by atoms with Crippen molar-refractivity contribution in [2.45, 2.75) is 51.7 Å². The molecule has 0 radical (unpaired) electrons. The van der Waals surface area contributed by atoms with Crippen molar-refractivity contribution in [3.05, 3.63) is 83.1 Å². The van der Waals surface area contributed by atoms with E-state index in [2.05, 4.69) is 5.32 Å². The maximum Gasteiger partial charge on any atom is 0.408 e. The van der Waals surface area contributed by atoms with Crippen LogP contribution in [0.3, 0.4) is 0 Å². The van der Waals surface area contributed by atoms with E-state index in [9.17, 15) is 18.4 Å². The molecule has 1 N–H and O–H groups in total. The Hall–Kier alpha value is -3.91. The second kappa shape index (κ2) is 11.2. The van der Waals surface area contributed by atoms with Crippen LogP contribution < -0.4 is 5.32 Å². The van der Waals surface area contributed by atoms with E-state index >= 15 is 0 Å². The molecule has 0 saturated carbocycles. The number of ether oxygens (including phenoxy) is 1. The highest BCUT2D eigenvalue weighted by atomic mass is 35.5. The Morgan fingerprint density at radius 2 is 1.59 bits per heavy atom. The molecule has 1 aliphatic heterocycles. The monoisotopic (exact) mass is 580 g/mol. The number of likely N-dealkylation sites (tertiary alicyclic amines) is 1. The van der Waals surface area contributed by atoms with Crippen LogP contribution in [0.4, 0.5) is 13.6 Å². The highest BCUT2D eigenvalue weighted by molar-refractivity contribution is 6.30. The van der Waals surface area contributed by atoms with Crippen LogP contribution in [-0.4, -0.2) is 41.5 Å². The van der Waals surface area contributed by atoms with Crippen LogP contribution in [0, 0.1) is 0 Å². The minimum absolute atomic E-state index is 0.0420. The van der Waals surface area contributed by atoms with Gasteiger partial charge in [-0.3, -0.25) is 4.79 Å². The minimum Gasteiger partial charge on any atom is -0.459 e. The maximum atomic E-state index is 13.5. The van der Waals surface area contributed by atoms with E-state index in [1.807, 2.05) is 42.5 Å². The van der Waals surface area contributed by atoms with Crippen molar-refractivity contribution in [1.29, 1.82) is 0 Å². The first-order valence-corrected chi connectivity index (χ1v) is 13.8. The summed E-state index contributed by atoms with van der Waals surface area (Å²) in [7, 11) is 0. The van der Waals surface area contributed by atoms with Gasteiger partial charge in [0.15, 0.2) is 0 Å². The first kappa shape index (κ1) is 28.6. The molecule has 4 aromatic rings. The molecule has 2 amide bonds. The number of furan rings is 1. The molecule has 0 unspecified atom stereocenters. The van der Waals surface area contributed by atoms with Gasteiger partial charge in [-0.25, -0.2) is 13.6 Å². The molecule has 0 bridgehead atoms. The molecule has 1 aliphatic rings. The lowest BCUT2D eigenvalue weighted by Gasteiger charge is -2.31. The number of hydrogen-bond donors (Lipinski definition) is 1. The summed E-state index contributed by atoms with van der Waals surface area (Å²) in [5.74, 6) is -2.40. The summed E-state index contributed by atoms with van der Waals surface area (Å²) in [6.45, 7) is 5.62. The van der Waals surface area contributed by atoms with Crippen molar-refractivity contribution < 1.29 is 27.5 Å². The van der Waals surface area contributed by atoms with Crippen molar-refractivity contribution in [3.8, 4) is 22.3 Å². The predicted molar refractivity (Wildman–Crippen MR) is 155 cm³/mol. The van der Waals surface area contributed by atoms with Crippen molar-refractivity contribution in [2.75, 3.05) is 13.1 Å². The summed E-state index contributed by atoms with van der Waals surface area (Å²) < 4.78 is 38.6. The smallest absolute Gasteiger partial charge is 0.408 e. The van der Waals surface area contributed by atoms with Crippen molar-refractivity contribution >= 4 is 34.6 Å². The number of nitrogens with one attached hydrogen (secondary N) is 1. The third-order valence-electron chi connectivity index (χ3n) is 6.88. The number of halogens is 3. The Labute approximate surface area is 242 Å². The predicted octanol–water partition coefficient (Wildman–Crippen LogP) is 8.32. The molecule has 1 saturated heterocycles. The number of benzene rings is 3. The number of carbonyl (C=O) groups is 2. The second-order valence-electron chi connectivity index (χ2n) is 11.2. The zero-order valence-corrected chi connectivity index (χ0v) is 23.9. The van der Waals surface area contributed by atoms with Gasteiger partial charge in [0, 0.05) is 47.5 Å². The Kier molecular flexibility index (Phi) is 7.79. The van der Waals surface area contributed by atoms with Gasteiger partial charge in [-0.15, -0.1) is 0 Å². The van der Waals surface area contributed by atoms with Gasteiger partial charge in [0.25, 0.3) is 11.8 Å². The number of fused-ring (bicyclic) bond motifs is 1. The fraction of sp³-hybridized carbons (Fsp3) is 0.312. The molecule has 9 heteroatoms. The number of alkyl halides is 2. The number of rotatable bonds is 5. The molecule has 2 heterocycles. The normalized spacial score (nSPS) is 15.1. The zero-order valence-electron chi connectivity index (χ0n) is 23.1. The molecule has 214 valence electrons. The zero-order chi connectivity index (χ0) is 29.4. The molecular weight excluding hydrogens is 550 g/mol. The fourth-order valence-corrected chi connectivity index (χ4v) is 4.93. The van der Waals surface area contributed by atoms with Crippen LogP contribution >= 0.6 is 11.6 Å². The highest BCUT2D eigenvalue weighted by Crippen LogP contribution is 2.37. The SMILES string of the molecule is CC(C)(C)OC(=O)NCc1cc2cc(-c3ccc(C(=O)N4CCC(F)(F)CC4)cc3)cc(-c3ccc(Cl)cc3)c2o1. The molecule has 1 fully saturated rings. The fourth-order valence-electron chi connectivity index (χ4n) is 4.80. The largest absolute Gasteiger partial charge is 0.459 e. The van der Waals surface area contributed by atoms with Crippen LogP contribution in [-0.2, 0) is 11.3 Å². The summed E-state index contributed by atoms with van der Waals surface area (Å²) in [5, 5.41) is 4.18. The van der Waals surface area contributed by atoms with Gasteiger partial charge in [0.1, 0.15) is 16.9 Å². The van der Waals surface area contributed by atoms with E-state index in [-0.39, 0.29) is 38.4 Å². The van der Waals surface area contributed by atoms with Gasteiger partial charge in [0.05, 0.1) is 6.54 Å². The molecule has 1 aromatic heterocycles. The van der Waals surface area contributed by atoms with Gasteiger partial charge >= 0.3 is 6.09 Å². The van der Waals surface area contributed by atoms with Gasteiger partial charge in [-0.05, 0) is 79.9 Å². The molecule has 0 spiro atoms. The maximum absolute atomic E-state index is 13.5. The number of alkyl carbamates (subject to hydrolysis) is 1. The number of carbonyl (C=O) groups excluding carboxylic acids is 2. The third-order valence-corrected chi connectivity index (χ3v) is 7.13. The quantitative estimate of drug-likeness (QED) is 0.258. The number of nitrogens with zero attached hydrogens (tertiary/aromatic N) is 1.